The Balaban J connectivity index is 2.03. The lowest BCUT2D eigenvalue weighted by molar-refractivity contribution is -0.139. The second kappa shape index (κ2) is 12.7. The molecule has 9 nitrogen and oxygen atoms in total. The number of hydrogen-bond acceptors (Lipinski definition) is 7. The molecule has 1 heterocycles. The number of alkyl halides is 3. The van der Waals surface area contributed by atoms with Gasteiger partial charge in [-0.1, -0.05) is 17.7 Å². The zero-order chi connectivity index (χ0) is 31.4. The van der Waals surface area contributed by atoms with Crippen LogP contribution in [0.3, 0.4) is 0 Å². The third-order valence-electron chi connectivity index (χ3n) is 5.84. The molecule has 4 N–H and O–H groups in total. The van der Waals surface area contributed by atoms with Crippen LogP contribution in [0, 0.1) is 5.82 Å². The number of methoxy groups -OCH3 is 1. The molecule has 3 aromatic rings. The van der Waals surface area contributed by atoms with E-state index in [9.17, 15) is 32.3 Å². The molecule has 226 valence electrons. The van der Waals surface area contributed by atoms with Gasteiger partial charge in [-0.15, -0.1) is 0 Å². The summed E-state index contributed by atoms with van der Waals surface area (Å²) in [5, 5.41) is 12.3. The standard InChI is InChI=1S/C28H29ClF4N4O5/c1-27(2,3)42-26(40)37(11-10-22-20(34)8-9-24(36-22)41-4)14-16-18(29)6-5-7-21(16)35-23-13-17(28(31,32)33)19(30)12-15(23)25(38)39/h5-9,12-13,35H,10-11,14,34H2,1-4H3,(H,38,39). The Kier molecular flexibility index (Phi) is 9.77. The summed E-state index contributed by atoms with van der Waals surface area (Å²) in [7, 11) is 1.44. The Hall–Kier alpha value is -4.26. The number of nitrogens with one attached hydrogen (secondary N) is 1. The fraction of sp³-hybridized carbons (Fsp3) is 0.321. The van der Waals surface area contributed by atoms with Crippen molar-refractivity contribution in [2.24, 2.45) is 0 Å². The van der Waals surface area contributed by atoms with Crippen LogP contribution in [-0.4, -0.2) is 46.3 Å². The summed E-state index contributed by atoms with van der Waals surface area (Å²) in [6.45, 7) is 4.84. The van der Waals surface area contributed by atoms with Gasteiger partial charge in [0.1, 0.15) is 11.4 Å². The van der Waals surface area contributed by atoms with Gasteiger partial charge in [0, 0.05) is 35.3 Å². The predicted molar refractivity (Wildman–Crippen MR) is 149 cm³/mol. The summed E-state index contributed by atoms with van der Waals surface area (Å²) in [5.41, 5.74) is 3.36. The van der Waals surface area contributed by atoms with Crippen LogP contribution < -0.4 is 15.8 Å². The van der Waals surface area contributed by atoms with Crippen molar-refractivity contribution < 1.29 is 41.7 Å². The maximum absolute atomic E-state index is 14.2. The molecule has 0 atom stereocenters. The zero-order valence-corrected chi connectivity index (χ0v) is 23.9. The summed E-state index contributed by atoms with van der Waals surface area (Å²) in [6.07, 6.45) is -5.65. The normalized spacial score (nSPS) is 11.6. The molecule has 0 spiro atoms. The maximum atomic E-state index is 14.2. The van der Waals surface area contributed by atoms with E-state index in [-0.39, 0.29) is 41.9 Å². The molecule has 0 fully saturated rings. The van der Waals surface area contributed by atoms with Gasteiger partial charge in [0.2, 0.25) is 5.88 Å². The van der Waals surface area contributed by atoms with E-state index in [1.807, 2.05) is 0 Å². The van der Waals surface area contributed by atoms with Crippen molar-refractivity contribution in [3.8, 4) is 5.88 Å². The Bertz CT molecular complexity index is 1480. The molecule has 14 heteroatoms. The van der Waals surface area contributed by atoms with Crippen LogP contribution in [0.25, 0.3) is 0 Å². The second-order valence-electron chi connectivity index (χ2n) is 10.1. The highest BCUT2D eigenvalue weighted by molar-refractivity contribution is 6.31. The van der Waals surface area contributed by atoms with Gasteiger partial charge in [-0.05, 0) is 51.1 Å². The molecule has 0 radical (unpaired) electrons. The van der Waals surface area contributed by atoms with Crippen LogP contribution >= 0.6 is 11.6 Å². The van der Waals surface area contributed by atoms with E-state index in [4.69, 9.17) is 26.8 Å². The highest BCUT2D eigenvalue weighted by Gasteiger charge is 2.36. The average Bonchev–Trinajstić information content (AvgIpc) is 2.87. The average molecular weight is 613 g/mol. The minimum Gasteiger partial charge on any atom is -0.481 e. The number of rotatable bonds is 9. The lowest BCUT2D eigenvalue weighted by atomic mass is 10.1. The zero-order valence-electron chi connectivity index (χ0n) is 23.1. The van der Waals surface area contributed by atoms with Crippen LogP contribution in [0.2, 0.25) is 5.02 Å². The molecule has 0 saturated heterocycles. The molecule has 1 amide bonds. The van der Waals surface area contributed by atoms with E-state index in [1.54, 1.807) is 32.9 Å². The minimum atomic E-state index is -5.09. The number of benzene rings is 2. The fourth-order valence-corrected chi connectivity index (χ4v) is 4.09. The van der Waals surface area contributed by atoms with Gasteiger partial charge in [0.25, 0.3) is 0 Å². The number of pyridine rings is 1. The number of hydrogen-bond donors (Lipinski definition) is 3. The molecule has 0 unspecified atom stereocenters. The monoisotopic (exact) mass is 612 g/mol. The summed E-state index contributed by atoms with van der Waals surface area (Å²) < 4.78 is 65.1. The number of amides is 1. The molecular formula is C28H29ClF4N4O5. The maximum Gasteiger partial charge on any atom is 0.419 e. The van der Waals surface area contributed by atoms with Crippen molar-refractivity contribution in [3.05, 3.63) is 75.7 Å². The Morgan fingerprint density at radius 1 is 1.12 bits per heavy atom. The number of aromatic carboxylic acids is 1. The predicted octanol–water partition coefficient (Wildman–Crippen LogP) is 6.91. The molecule has 3 rings (SSSR count). The van der Waals surface area contributed by atoms with Crippen molar-refractivity contribution in [2.45, 2.75) is 45.5 Å². The second-order valence-corrected chi connectivity index (χ2v) is 10.5. The molecule has 0 aliphatic carbocycles. The van der Waals surface area contributed by atoms with Crippen molar-refractivity contribution in [1.82, 2.24) is 9.88 Å². The number of carbonyl (C=O) groups excluding carboxylic acids is 1. The number of carboxylic acid groups (broad SMARTS) is 1. The number of anilines is 3. The largest absolute Gasteiger partial charge is 0.481 e. The summed E-state index contributed by atoms with van der Waals surface area (Å²) in [4.78, 5) is 30.6. The van der Waals surface area contributed by atoms with Gasteiger partial charge in [0.15, 0.2) is 0 Å². The van der Waals surface area contributed by atoms with Gasteiger partial charge in [-0.3, -0.25) is 0 Å². The van der Waals surface area contributed by atoms with Crippen molar-refractivity contribution in [1.29, 1.82) is 0 Å². The highest BCUT2D eigenvalue weighted by atomic mass is 35.5. The lowest BCUT2D eigenvalue weighted by Crippen LogP contribution is -2.38. The van der Waals surface area contributed by atoms with E-state index < -0.39 is 46.5 Å². The SMILES string of the molecule is COc1ccc(N)c(CCN(Cc2c(Cl)cccc2Nc2cc(C(F)(F)F)c(F)cc2C(=O)O)C(=O)OC(C)(C)C)n1. The van der Waals surface area contributed by atoms with E-state index >= 15 is 0 Å². The van der Waals surface area contributed by atoms with Gasteiger partial charge >= 0.3 is 18.2 Å². The van der Waals surface area contributed by atoms with E-state index in [0.717, 1.165) is 0 Å². The van der Waals surface area contributed by atoms with Crippen LogP contribution in [0.4, 0.5) is 39.4 Å². The number of halogens is 5. The first kappa shape index (κ1) is 32.3. The molecule has 2 aromatic carbocycles. The van der Waals surface area contributed by atoms with Gasteiger partial charge in [-0.25, -0.2) is 19.0 Å². The van der Waals surface area contributed by atoms with Crippen LogP contribution in [0.5, 0.6) is 5.88 Å². The Labute approximate surface area is 244 Å². The van der Waals surface area contributed by atoms with Gasteiger partial charge in [-0.2, -0.15) is 13.2 Å². The third kappa shape index (κ3) is 8.15. The van der Waals surface area contributed by atoms with Crippen molar-refractivity contribution in [2.75, 3.05) is 24.7 Å². The first-order chi connectivity index (χ1) is 19.5. The quantitative estimate of drug-likeness (QED) is 0.223. The topological polar surface area (TPSA) is 127 Å². The number of ether oxygens (including phenoxy) is 2. The molecule has 0 aliphatic heterocycles. The van der Waals surface area contributed by atoms with E-state index in [1.165, 1.54) is 30.2 Å². The summed E-state index contributed by atoms with van der Waals surface area (Å²) in [5.74, 6) is -3.09. The summed E-state index contributed by atoms with van der Waals surface area (Å²) in [6, 6.07) is 8.23. The Morgan fingerprint density at radius 2 is 1.81 bits per heavy atom. The van der Waals surface area contributed by atoms with Crippen LogP contribution in [0.1, 0.15) is 48.0 Å². The first-order valence-electron chi connectivity index (χ1n) is 12.5. The number of carboxylic acids is 1. The molecule has 0 bridgehead atoms. The first-order valence-corrected chi connectivity index (χ1v) is 12.8. The van der Waals surface area contributed by atoms with Crippen LogP contribution in [-0.2, 0) is 23.9 Å². The molecule has 42 heavy (non-hydrogen) atoms. The number of nitrogens with zero attached hydrogens (tertiary/aromatic N) is 2. The van der Waals surface area contributed by atoms with Crippen molar-refractivity contribution in [3.63, 3.8) is 0 Å². The molecular weight excluding hydrogens is 584 g/mol. The number of nitrogens with two attached hydrogens (primary N) is 1. The number of carbonyl (C=O) groups is 2. The lowest BCUT2D eigenvalue weighted by Gasteiger charge is -2.28. The fourth-order valence-electron chi connectivity index (χ4n) is 3.85. The Morgan fingerprint density at radius 3 is 2.40 bits per heavy atom. The van der Waals surface area contributed by atoms with Gasteiger partial charge in [0.05, 0.1) is 41.9 Å². The van der Waals surface area contributed by atoms with E-state index in [0.29, 0.717) is 23.3 Å². The molecule has 0 aliphatic rings. The smallest absolute Gasteiger partial charge is 0.419 e. The third-order valence-corrected chi connectivity index (χ3v) is 6.20. The van der Waals surface area contributed by atoms with Crippen LogP contribution in [0.15, 0.2) is 42.5 Å². The van der Waals surface area contributed by atoms with Crippen molar-refractivity contribution >= 4 is 40.7 Å². The summed E-state index contributed by atoms with van der Waals surface area (Å²) >= 11 is 6.47. The number of aromatic nitrogens is 1. The van der Waals surface area contributed by atoms with E-state index in [2.05, 4.69) is 10.3 Å². The minimum absolute atomic E-state index is 0.0269. The van der Waals surface area contributed by atoms with Gasteiger partial charge < -0.3 is 30.5 Å². The number of nitrogen functional groups attached to an aromatic ring is 1. The molecule has 0 saturated carbocycles. The molecule has 1 aromatic heterocycles. The highest BCUT2D eigenvalue weighted by Crippen LogP contribution is 2.37.